The van der Waals surface area contributed by atoms with E-state index in [2.05, 4.69) is 0 Å². The van der Waals surface area contributed by atoms with Gasteiger partial charge in [-0.2, -0.15) is 0 Å². The number of hydrogen-bond donors (Lipinski definition) is 1. The van der Waals surface area contributed by atoms with Crippen LogP contribution in [0, 0.1) is 0 Å². The van der Waals surface area contributed by atoms with Gasteiger partial charge in [0.05, 0.1) is 12.7 Å². The van der Waals surface area contributed by atoms with Gasteiger partial charge in [0.2, 0.25) is 0 Å². The predicted molar refractivity (Wildman–Crippen MR) is 73.1 cm³/mol. The molecule has 1 N–H and O–H groups in total. The fraction of sp³-hybridized carbons (Fsp3) is 0.188. The minimum Gasteiger partial charge on any atom is -0.497 e. The van der Waals surface area contributed by atoms with Gasteiger partial charge in [-0.1, -0.05) is 30.3 Å². The molecule has 0 aliphatic carbocycles. The zero-order chi connectivity index (χ0) is 14.1. The number of aliphatic hydroxyl groups is 1. The van der Waals surface area contributed by atoms with Crippen molar-refractivity contribution in [2.24, 2.45) is 0 Å². The third-order valence-electron chi connectivity index (χ3n) is 3.39. The number of carbonyl (C=O) groups is 1. The summed E-state index contributed by atoms with van der Waals surface area (Å²) in [5, 5.41) is 10.2. The first-order valence-corrected chi connectivity index (χ1v) is 6.32. The van der Waals surface area contributed by atoms with Gasteiger partial charge < -0.3 is 14.6 Å². The van der Waals surface area contributed by atoms with Crippen molar-refractivity contribution in [2.75, 3.05) is 7.11 Å². The Morgan fingerprint density at radius 3 is 2.60 bits per heavy atom. The molecule has 0 aromatic heterocycles. The number of rotatable bonds is 2. The van der Waals surface area contributed by atoms with Crippen LogP contribution >= 0.6 is 0 Å². The molecule has 102 valence electrons. The highest BCUT2D eigenvalue weighted by Gasteiger charge is 2.36. The molecule has 0 bridgehead atoms. The van der Waals surface area contributed by atoms with E-state index in [0.29, 0.717) is 17.1 Å². The van der Waals surface area contributed by atoms with Crippen LogP contribution in [0.3, 0.4) is 0 Å². The number of ether oxygens (including phenoxy) is 2. The molecule has 2 aromatic rings. The summed E-state index contributed by atoms with van der Waals surface area (Å²) in [5.41, 5.74) is 1.15. The van der Waals surface area contributed by atoms with E-state index in [0.717, 1.165) is 5.56 Å². The molecule has 0 unspecified atom stereocenters. The van der Waals surface area contributed by atoms with Crippen LogP contribution < -0.4 is 9.47 Å². The fourth-order valence-electron chi connectivity index (χ4n) is 2.32. The van der Waals surface area contributed by atoms with Gasteiger partial charge in [0, 0.05) is 6.07 Å². The number of methoxy groups -OCH3 is 1. The lowest BCUT2D eigenvalue weighted by Gasteiger charge is -2.29. The number of carbonyl (C=O) groups excluding carboxylic acids is 1. The Balaban J connectivity index is 2.03. The molecule has 3 rings (SSSR count). The second kappa shape index (κ2) is 4.98. The smallest absolute Gasteiger partial charge is 0.199 e. The van der Waals surface area contributed by atoms with E-state index in [1.54, 1.807) is 25.3 Å². The van der Waals surface area contributed by atoms with Crippen molar-refractivity contribution in [1.29, 1.82) is 0 Å². The van der Waals surface area contributed by atoms with E-state index in [1.165, 1.54) is 0 Å². The second-order valence-corrected chi connectivity index (χ2v) is 4.62. The Morgan fingerprint density at radius 2 is 1.90 bits per heavy atom. The van der Waals surface area contributed by atoms with Gasteiger partial charge in [0.15, 0.2) is 18.0 Å². The number of ketones is 1. The molecule has 0 spiro atoms. The molecular formula is C16H14O4. The quantitative estimate of drug-likeness (QED) is 0.910. The Kier molecular flexibility index (Phi) is 3.16. The molecule has 0 fully saturated rings. The Labute approximate surface area is 116 Å². The average Bonchev–Trinajstić information content (AvgIpc) is 2.51. The molecule has 0 amide bonds. The highest BCUT2D eigenvalue weighted by molar-refractivity contribution is 6.03. The summed E-state index contributed by atoms with van der Waals surface area (Å²) in [6.45, 7) is 0. The molecule has 2 atom stereocenters. The first kappa shape index (κ1) is 12.7. The standard InChI is InChI=1S/C16H14O4/c1-19-11-7-8-12-13(9-11)20-16(15(18)14(12)17)10-5-3-2-4-6-10/h2-9,15-16,18H,1H3/t15-,16-/m1/s1. The van der Waals surface area contributed by atoms with Crippen molar-refractivity contribution in [2.45, 2.75) is 12.2 Å². The summed E-state index contributed by atoms with van der Waals surface area (Å²) in [6.07, 6.45) is -1.89. The molecule has 0 saturated heterocycles. The molecule has 1 aliphatic heterocycles. The van der Waals surface area contributed by atoms with Gasteiger partial charge in [-0.3, -0.25) is 4.79 Å². The van der Waals surface area contributed by atoms with Crippen LogP contribution in [0.15, 0.2) is 48.5 Å². The maximum atomic E-state index is 12.2. The van der Waals surface area contributed by atoms with Crippen LogP contribution in [0.1, 0.15) is 22.0 Å². The van der Waals surface area contributed by atoms with E-state index < -0.39 is 12.2 Å². The summed E-state index contributed by atoms with van der Waals surface area (Å²) in [5.74, 6) is 0.719. The van der Waals surface area contributed by atoms with Gasteiger partial charge in [-0.15, -0.1) is 0 Å². The van der Waals surface area contributed by atoms with Gasteiger partial charge in [-0.25, -0.2) is 0 Å². The van der Waals surface area contributed by atoms with Gasteiger partial charge >= 0.3 is 0 Å². The normalized spacial score (nSPS) is 21.0. The van der Waals surface area contributed by atoms with E-state index in [9.17, 15) is 9.90 Å². The van der Waals surface area contributed by atoms with Crippen molar-refractivity contribution in [3.63, 3.8) is 0 Å². The number of fused-ring (bicyclic) bond motifs is 1. The zero-order valence-electron chi connectivity index (χ0n) is 10.9. The van der Waals surface area contributed by atoms with Crippen molar-refractivity contribution in [3.05, 3.63) is 59.7 Å². The molecule has 20 heavy (non-hydrogen) atoms. The van der Waals surface area contributed by atoms with Crippen molar-refractivity contribution >= 4 is 5.78 Å². The Bertz CT molecular complexity index is 636. The van der Waals surface area contributed by atoms with Gasteiger partial charge in [0.1, 0.15) is 11.5 Å². The minimum atomic E-state index is -1.20. The number of hydrogen-bond acceptors (Lipinski definition) is 4. The first-order valence-electron chi connectivity index (χ1n) is 6.32. The topological polar surface area (TPSA) is 55.8 Å². The Morgan fingerprint density at radius 1 is 1.15 bits per heavy atom. The highest BCUT2D eigenvalue weighted by Crippen LogP contribution is 2.37. The predicted octanol–water partition coefficient (Wildman–Crippen LogP) is 2.37. The maximum absolute atomic E-state index is 12.2. The molecule has 4 nitrogen and oxygen atoms in total. The van der Waals surface area contributed by atoms with Crippen LogP contribution in [0.5, 0.6) is 11.5 Å². The molecule has 2 aromatic carbocycles. The second-order valence-electron chi connectivity index (χ2n) is 4.62. The van der Waals surface area contributed by atoms with Crippen molar-refractivity contribution in [1.82, 2.24) is 0 Å². The third kappa shape index (κ3) is 2.04. The molecule has 0 saturated carbocycles. The molecule has 0 radical (unpaired) electrons. The average molecular weight is 270 g/mol. The van der Waals surface area contributed by atoms with E-state index in [-0.39, 0.29) is 5.78 Å². The largest absolute Gasteiger partial charge is 0.497 e. The summed E-state index contributed by atoms with van der Waals surface area (Å²) in [4.78, 5) is 12.2. The lowest BCUT2D eigenvalue weighted by molar-refractivity contribution is 0.0215. The van der Waals surface area contributed by atoms with E-state index in [4.69, 9.17) is 9.47 Å². The first-order chi connectivity index (χ1) is 9.70. The van der Waals surface area contributed by atoms with Crippen LogP contribution in [-0.4, -0.2) is 24.1 Å². The van der Waals surface area contributed by atoms with Crippen molar-refractivity contribution < 1.29 is 19.4 Å². The summed E-state index contributed by atoms with van der Waals surface area (Å²) >= 11 is 0. The SMILES string of the molecule is COc1ccc2c(c1)O[C@H](c1ccccc1)[C@H](O)C2=O. The minimum absolute atomic E-state index is 0.331. The van der Waals surface area contributed by atoms with E-state index in [1.807, 2.05) is 30.3 Å². The van der Waals surface area contributed by atoms with Crippen molar-refractivity contribution in [3.8, 4) is 11.5 Å². The molecular weight excluding hydrogens is 256 g/mol. The lowest BCUT2D eigenvalue weighted by atomic mass is 9.93. The van der Waals surface area contributed by atoms with E-state index >= 15 is 0 Å². The van der Waals surface area contributed by atoms with Gasteiger partial charge in [0.25, 0.3) is 0 Å². The zero-order valence-corrected chi connectivity index (χ0v) is 10.9. The third-order valence-corrected chi connectivity index (χ3v) is 3.39. The number of aliphatic hydroxyl groups excluding tert-OH is 1. The monoisotopic (exact) mass is 270 g/mol. The number of Topliss-reactive ketones (excluding diaryl/α,β-unsaturated/α-hetero) is 1. The number of benzene rings is 2. The molecule has 1 aliphatic rings. The maximum Gasteiger partial charge on any atom is 0.199 e. The van der Waals surface area contributed by atoms with Crippen LogP contribution in [0.25, 0.3) is 0 Å². The summed E-state index contributed by atoms with van der Waals surface area (Å²) < 4.78 is 10.9. The fourth-order valence-corrected chi connectivity index (χ4v) is 2.32. The van der Waals surface area contributed by atoms with Crippen LogP contribution in [0.4, 0.5) is 0 Å². The van der Waals surface area contributed by atoms with Gasteiger partial charge in [-0.05, 0) is 17.7 Å². The molecule has 4 heteroatoms. The van der Waals surface area contributed by atoms with Crippen LogP contribution in [-0.2, 0) is 0 Å². The molecule has 1 heterocycles. The summed E-state index contributed by atoms with van der Waals surface area (Å²) in [6, 6.07) is 14.2. The lowest BCUT2D eigenvalue weighted by Crippen LogP contribution is -2.36. The summed E-state index contributed by atoms with van der Waals surface area (Å²) in [7, 11) is 1.55. The van der Waals surface area contributed by atoms with Crippen LogP contribution in [0.2, 0.25) is 0 Å². The Hall–Kier alpha value is -2.33. The highest BCUT2D eigenvalue weighted by atomic mass is 16.5.